The van der Waals surface area contributed by atoms with Crippen molar-refractivity contribution < 1.29 is 8.78 Å². The van der Waals surface area contributed by atoms with Crippen LogP contribution in [0.1, 0.15) is 32.8 Å². The molecule has 20 heavy (non-hydrogen) atoms. The largest absolute Gasteiger partial charge is 0.256 e. The van der Waals surface area contributed by atoms with Crippen LogP contribution in [0.3, 0.4) is 0 Å². The summed E-state index contributed by atoms with van der Waals surface area (Å²) >= 11 is 0. The molecule has 0 aliphatic carbocycles. The summed E-state index contributed by atoms with van der Waals surface area (Å²) in [5, 5.41) is 0. The zero-order valence-electron chi connectivity index (χ0n) is 12.1. The quantitative estimate of drug-likeness (QED) is 0.767. The zero-order valence-corrected chi connectivity index (χ0v) is 12.1. The van der Waals surface area contributed by atoms with E-state index in [0.29, 0.717) is 11.3 Å². The predicted octanol–water partition coefficient (Wildman–Crippen LogP) is 5.01. The van der Waals surface area contributed by atoms with Gasteiger partial charge >= 0.3 is 0 Å². The van der Waals surface area contributed by atoms with Crippen molar-refractivity contribution in [2.75, 3.05) is 0 Å². The van der Waals surface area contributed by atoms with E-state index in [0.717, 1.165) is 24.5 Å². The van der Waals surface area contributed by atoms with Gasteiger partial charge in [0.2, 0.25) is 0 Å². The smallest absolute Gasteiger partial charge is 0.159 e. The van der Waals surface area contributed by atoms with Crippen LogP contribution in [0.5, 0.6) is 0 Å². The molecule has 2 aromatic rings. The highest BCUT2D eigenvalue weighted by Crippen LogP contribution is 2.24. The summed E-state index contributed by atoms with van der Waals surface area (Å²) < 4.78 is 26.2. The zero-order chi connectivity index (χ0) is 14.8. The van der Waals surface area contributed by atoms with Gasteiger partial charge in [-0.3, -0.25) is 4.98 Å². The summed E-state index contributed by atoms with van der Waals surface area (Å²) in [6.45, 7) is 6.60. The number of halogens is 2. The Bertz CT molecular complexity index is 600. The van der Waals surface area contributed by atoms with Crippen molar-refractivity contribution in [3.8, 4) is 11.3 Å². The van der Waals surface area contributed by atoms with Crippen LogP contribution in [0.2, 0.25) is 0 Å². The first kappa shape index (κ1) is 14.6. The van der Waals surface area contributed by atoms with Gasteiger partial charge in [0.15, 0.2) is 11.6 Å². The van der Waals surface area contributed by atoms with E-state index in [-0.39, 0.29) is 5.41 Å². The minimum Gasteiger partial charge on any atom is -0.256 e. The van der Waals surface area contributed by atoms with Gasteiger partial charge in [-0.1, -0.05) is 20.8 Å². The van der Waals surface area contributed by atoms with E-state index < -0.39 is 11.6 Å². The van der Waals surface area contributed by atoms with Crippen LogP contribution in [0.25, 0.3) is 11.3 Å². The van der Waals surface area contributed by atoms with Crippen molar-refractivity contribution in [2.24, 2.45) is 5.41 Å². The van der Waals surface area contributed by atoms with E-state index in [2.05, 4.69) is 25.8 Å². The summed E-state index contributed by atoms with van der Waals surface area (Å²) in [5.41, 5.74) is 2.71. The lowest BCUT2D eigenvalue weighted by Crippen LogP contribution is -2.06. The fourth-order valence-electron chi connectivity index (χ4n) is 1.96. The molecule has 0 aliphatic rings. The SMILES string of the molecule is CC(C)(C)CCc1ccnc(-c2ccc(F)c(F)c2)c1. The molecule has 2 rings (SSSR count). The van der Waals surface area contributed by atoms with Crippen LogP contribution < -0.4 is 0 Å². The molecule has 0 spiro atoms. The summed E-state index contributed by atoms with van der Waals surface area (Å²) in [6.07, 6.45) is 3.73. The number of pyridine rings is 1. The lowest BCUT2D eigenvalue weighted by atomic mass is 9.88. The number of aryl methyl sites for hydroxylation is 1. The third-order valence-electron chi connectivity index (χ3n) is 3.20. The molecule has 0 radical (unpaired) electrons. The molecule has 1 aromatic carbocycles. The van der Waals surface area contributed by atoms with E-state index in [9.17, 15) is 8.78 Å². The average Bonchev–Trinajstić information content (AvgIpc) is 2.39. The summed E-state index contributed by atoms with van der Waals surface area (Å²) in [6, 6.07) is 7.78. The number of benzene rings is 1. The number of rotatable bonds is 3. The Hall–Kier alpha value is -1.77. The minimum atomic E-state index is -0.843. The van der Waals surface area contributed by atoms with Crippen LogP contribution in [0.4, 0.5) is 8.78 Å². The topological polar surface area (TPSA) is 12.9 Å². The Morgan fingerprint density at radius 3 is 2.40 bits per heavy atom. The van der Waals surface area contributed by atoms with Crippen LogP contribution in [-0.2, 0) is 6.42 Å². The normalized spacial score (nSPS) is 11.7. The van der Waals surface area contributed by atoms with Gasteiger partial charge in [0.05, 0.1) is 5.69 Å². The fourth-order valence-corrected chi connectivity index (χ4v) is 1.96. The number of aromatic nitrogens is 1. The molecule has 3 heteroatoms. The molecule has 0 amide bonds. The molecule has 0 atom stereocenters. The average molecular weight is 275 g/mol. The second-order valence-electron chi connectivity index (χ2n) is 6.24. The molecular formula is C17H19F2N. The maximum absolute atomic E-state index is 13.3. The second-order valence-corrected chi connectivity index (χ2v) is 6.24. The summed E-state index contributed by atoms with van der Waals surface area (Å²) in [4.78, 5) is 4.24. The van der Waals surface area contributed by atoms with Crippen LogP contribution in [-0.4, -0.2) is 4.98 Å². The Kier molecular flexibility index (Phi) is 4.17. The molecule has 0 unspecified atom stereocenters. The molecule has 1 aromatic heterocycles. The third kappa shape index (κ3) is 3.86. The van der Waals surface area contributed by atoms with Crippen molar-refractivity contribution in [2.45, 2.75) is 33.6 Å². The minimum absolute atomic E-state index is 0.269. The van der Waals surface area contributed by atoms with Crippen molar-refractivity contribution in [3.05, 3.63) is 53.7 Å². The van der Waals surface area contributed by atoms with Gasteiger partial charge < -0.3 is 0 Å². The lowest BCUT2D eigenvalue weighted by Gasteiger charge is -2.17. The standard InChI is InChI=1S/C17H19F2N/c1-17(2,3)8-6-12-7-9-20-16(10-12)13-4-5-14(18)15(19)11-13/h4-5,7,9-11H,6,8H2,1-3H3. The molecule has 0 N–H and O–H groups in total. The van der Waals surface area contributed by atoms with Crippen LogP contribution in [0.15, 0.2) is 36.5 Å². The van der Waals surface area contributed by atoms with E-state index in [1.54, 1.807) is 12.3 Å². The molecule has 0 bridgehead atoms. The van der Waals surface area contributed by atoms with E-state index in [1.807, 2.05) is 12.1 Å². The van der Waals surface area contributed by atoms with E-state index >= 15 is 0 Å². The molecule has 106 valence electrons. The molecule has 0 saturated heterocycles. The highest BCUT2D eigenvalue weighted by Gasteiger charge is 2.11. The van der Waals surface area contributed by atoms with Crippen molar-refractivity contribution in [1.82, 2.24) is 4.98 Å². The lowest BCUT2D eigenvalue weighted by molar-refractivity contribution is 0.378. The van der Waals surface area contributed by atoms with Crippen molar-refractivity contribution in [3.63, 3.8) is 0 Å². The highest BCUT2D eigenvalue weighted by molar-refractivity contribution is 5.59. The predicted molar refractivity (Wildman–Crippen MR) is 77.4 cm³/mol. The van der Waals surface area contributed by atoms with Gasteiger partial charge in [0, 0.05) is 11.8 Å². The monoisotopic (exact) mass is 275 g/mol. The molecule has 1 heterocycles. The Morgan fingerprint density at radius 2 is 1.75 bits per heavy atom. The number of hydrogen-bond donors (Lipinski definition) is 0. The molecule has 1 nitrogen and oxygen atoms in total. The first-order valence-corrected chi connectivity index (χ1v) is 6.75. The van der Waals surface area contributed by atoms with Gasteiger partial charge in [-0.2, -0.15) is 0 Å². The second kappa shape index (κ2) is 5.70. The van der Waals surface area contributed by atoms with Crippen molar-refractivity contribution in [1.29, 1.82) is 0 Å². The highest BCUT2D eigenvalue weighted by atomic mass is 19.2. The molecule has 0 aliphatic heterocycles. The maximum Gasteiger partial charge on any atom is 0.159 e. The van der Waals surface area contributed by atoms with E-state index in [1.165, 1.54) is 6.07 Å². The van der Waals surface area contributed by atoms with Gasteiger partial charge in [-0.15, -0.1) is 0 Å². The summed E-state index contributed by atoms with van der Waals surface area (Å²) in [5.74, 6) is -1.68. The maximum atomic E-state index is 13.3. The van der Waals surface area contributed by atoms with Gasteiger partial charge in [-0.05, 0) is 54.2 Å². The van der Waals surface area contributed by atoms with Crippen LogP contribution >= 0.6 is 0 Å². The number of hydrogen-bond acceptors (Lipinski definition) is 1. The first-order chi connectivity index (χ1) is 9.35. The molecule has 0 saturated carbocycles. The summed E-state index contributed by atoms with van der Waals surface area (Å²) in [7, 11) is 0. The van der Waals surface area contributed by atoms with Crippen molar-refractivity contribution >= 4 is 0 Å². The molecule has 0 fully saturated rings. The Labute approximate surface area is 118 Å². The third-order valence-corrected chi connectivity index (χ3v) is 3.20. The molecular weight excluding hydrogens is 256 g/mol. The fraction of sp³-hybridized carbons (Fsp3) is 0.353. The first-order valence-electron chi connectivity index (χ1n) is 6.75. The number of nitrogens with zero attached hydrogens (tertiary/aromatic N) is 1. The van der Waals surface area contributed by atoms with E-state index in [4.69, 9.17) is 0 Å². The Morgan fingerprint density at radius 1 is 1.00 bits per heavy atom. The Balaban J connectivity index is 2.23. The van der Waals surface area contributed by atoms with Gasteiger partial charge in [0.1, 0.15) is 0 Å². The van der Waals surface area contributed by atoms with Gasteiger partial charge in [-0.25, -0.2) is 8.78 Å². The van der Waals surface area contributed by atoms with Gasteiger partial charge in [0.25, 0.3) is 0 Å². The van der Waals surface area contributed by atoms with Crippen LogP contribution in [0, 0.1) is 17.0 Å².